The number of phenols is 1. The van der Waals surface area contributed by atoms with Gasteiger partial charge in [-0.2, -0.15) is 5.10 Å². The maximum atomic E-state index is 11.8. The standard InChI is InChI=1S/C15H12I2N2O3/c16-11-6-9(7-12(17)14(11)21)8-18-19-15(22)13(20)10-4-2-1-3-5-10/h1-8,13,20-21H,(H,19,22). The van der Waals surface area contributed by atoms with Crippen LogP contribution in [0.2, 0.25) is 0 Å². The first-order chi connectivity index (χ1) is 10.5. The van der Waals surface area contributed by atoms with Gasteiger partial charge >= 0.3 is 0 Å². The summed E-state index contributed by atoms with van der Waals surface area (Å²) in [5.74, 6) is -0.382. The number of aromatic hydroxyl groups is 1. The topological polar surface area (TPSA) is 81.9 Å². The Morgan fingerprint density at radius 2 is 1.77 bits per heavy atom. The van der Waals surface area contributed by atoms with Crippen molar-refractivity contribution >= 4 is 57.3 Å². The van der Waals surface area contributed by atoms with Gasteiger partial charge in [-0.3, -0.25) is 4.79 Å². The molecule has 0 fully saturated rings. The van der Waals surface area contributed by atoms with Gasteiger partial charge in [0.1, 0.15) is 5.75 Å². The SMILES string of the molecule is O=C(NN=Cc1cc(I)c(O)c(I)c1)C(O)c1ccccc1. The third-order valence-electron chi connectivity index (χ3n) is 2.79. The van der Waals surface area contributed by atoms with Crippen molar-refractivity contribution in [3.8, 4) is 5.75 Å². The molecule has 1 unspecified atom stereocenters. The molecule has 0 spiro atoms. The van der Waals surface area contributed by atoms with Gasteiger partial charge in [0.25, 0.3) is 5.91 Å². The number of halogens is 2. The Hall–Kier alpha value is -1.20. The van der Waals surface area contributed by atoms with Crippen molar-refractivity contribution < 1.29 is 15.0 Å². The number of carbonyl (C=O) groups is 1. The van der Waals surface area contributed by atoms with E-state index in [1.165, 1.54) is 6.21 Å². The summed E-state index contributed by atoms with van der Waals surface area (Å²) in [7, 11) is 0. The van der Waals surface area contributed by atoms with Gasteiger partial charge < -0.3 is 10.2 Å². The Morgan fingerprint density at radius 1 is 1.18 bits per heavy atom. The molecule has 2 aromatic rings. The van der Waals surface area contributed by atoms with Crippen LogP contribution in [-0.2, 0) is 4.79 Å². The highest BCUT2D eigenvalue weighted by molar-refractivity contribution is 14.1. The van der Waals surface area contributed by atoms with Gasteiger partial charge in [-0.15, -0.1) is 0 Å². The number of phenolic OH excluding ortho intramolecular Hbond substituents is 1. The van der Waals surface area contributed by atoms with Gasteiger partial charge in [-0.05, 0) is 68.4 Å². The molecule has 0 bridgehead atoms. The number of rotatable bonds is 4. The number of nitrogens with zero attached hydrogens (tertiary/aromatic N) is 1. The fraction of sp³-hybridized carbons (Fsp3) is 0.0667. The van der Waals surface area contributed by atoms with E-state index >= 15 is 0 Å². The monoisotopic (exact) mass is 522 g/mol. The van der Waals surface area contributed by atoms with Gasteiger partial charge in [0.2, 0.25) is 0 Å². The number of aliphatic hydroxyl groups excluding tert-OH is 1. The van der Waals surface area contributed by atoms with Gasteiger partial charge in [0, 0.05) is 0 Å². The minimum Gasteiger partial charge on any atom is -0.506 e. The molecule has 114 valence electrons. The number of hydrazone groups is 1. The highest BCUT2D eigenvalue weighted by Gasteiger charge is 2.15. The number of aliphatic hydroxyl groups is 1. The molecule has 3 N–H and O–H groups in total. The molecule has 0 aliphatic carbocycles. The molecule has 1 amide bonds. The number of benzene rings is 2. The Labute approximate surface area is 154 Å². The Morgan fingerprint density at radius 3 is 2.36 bits per heavy atom. The second-order valence-electron chi connectivity index (χ2n) is 4.38. The quantitative estimate of drug-likeness (QED) is 0.329. The molecule has 0 aliphatic rings. The predicted octanol–water partition coefficient (Wildman–Crippen LogP) is 2.79. The third kappa shape index (κ3) is 4.40. The second-order valence-corrected chi connectivity index (χ2v) is 6.71. The number of hydrogen-bond donors (Lipinski definition) is 3. The van der Waals surface area contributed by atoms with Crippen LogP contribution in [0.5, 0.6) is 5.75 Å². The van der Waals surface area contributed by atoms with Gasteiger partial charge in [0.05, 0.1) is 13.4 Å². The van der Waals surface area contributed by atoms with Crippen LogP contribution in [0.15, 0.2) is 47.6 Å². The molecule has 0 radical (unpaired) electrons. The van der Waals surface area contributed by atoms with E-state index in [1.807, 2.05) is 45.2 Å². The average molecular weight is 522 g/mol. The normalized spacial score (nSPS) is 12.3. The van der Waals surface area contributed by atoms with E-state index in [0.717, 1.165) is 5.56 Å². The van der Waals surface area contributed by atoms with Crippen molar-refractivity contribution in [3.05, 3.63) is 60.7 Å². The van der Waals surface area contributed by atoms with Crippen LogP contribution in [0.1, 0.15) is 17.2 Å². The molecule has 0 aliphatic heterocycles. The Balaban J connectivity index is 2.02. The van der Waals surface area contributed by atoms with E-state index in [4.69, 9.17) is 0 Å². The molecule has 0 aromatic heterocycles. The number of hydrogen-bond acceptors (Lipinski definition) is 4. The van der Waals surface area contributed by atoms with Crippen molar-refractivity contribution in [2.24, 2.45) is 5.10 Å². The molecule has 7 heteroatoms. The van der Waals surface area contributed by atoms with Crippen LogP contribution >= 0.6 is 45.2 Å². The molecule has 1 atom stereocenters. The van der Waals surface area contributed by atoms with Crippen molar-refractivity contribution in [1.29, 1.82) is 0 Å². The van der Waals surface area contributed by atoms with E-state index in [9.17, 15) is 15.0 Å². The highest BCUT2D eigenvalue weighted by Crippen LogP contribution is 2.26. The van der Waals surface area contributed by atoms with Crippen molar-refractivity contribution in [2.75, 3.05) is 0 Å². The minimum absolute atomic E-state index is 0.224. The van der Waals surface area contributed by atoms with E-state index < -0.39 is 12.0 Å². The molecular weight excluding hydrogens is 510 g/mol. The average Bonchev–Trinajstić information content (AvgIpc) is 2.52. The fourth-order valence-corrected chi connectivity index (χ4v) is 3.49. The molecule has 22 heavy (non-hydrogen) atoms. The first kappa shape index (κ1) is 17.2. The lowest BCUT2D eigenvalue weighted by molar-refractivity contribution is -0.129. The maximum Gasteiger partial charge on any atom is 0.273 e. The summed E-state index contributed by atoms with van der Waals surface area (Å²) >= 11 is 4.03. The highest BCUT2D eigenvalue weighted by atomic mass is 127. The molecule has 0 heterocycles. The van der Waals surface area contributed by atoms with Crippen LogP contribution in [0.4, 0.5) is 0 Å². The smallest absolute Gasteiger partial charge is 0.273 e. The van der Waals surface area contributed by atoms with Crippen molar-refractivity contribution in [1.82, 2.24) is 5.43 Å². The summed E-state index contributed by atoms with van der Waals surface area (Å²) < 4.78 is 1.39. The number of amides is 1. The van der Waals surface area contributed by atoms with Crippen LogP contribution in [-0.4, -0.2) is 22.3 Å². The molecule has 0 saturated carbocycles. The molecule has 2 aromatic carbocycles. The molecule has 2 rings (SSSR count). The molecule has 5 nitrogen and oxygen atoms in total. The Bertz CT molecular complexity index is 682. The van der Waals surface area contributed by atoms with Gasteiger partial charge in [0.15, 0.2) is 6.10 Å². The zero-order valence-electron chi connectivity index (χ0n) is 11.2. The zero-order valence-corrected chi connectivity index (χ0v) is 15.5. The predicted molar refractivity (Wildman–Crippen MR) is 101 cm³/mol. The minimum atomic E-state index is -1.27. The lowest BCUT2D eigenvalue weighted by Crippen LogP contribution is -2.25. The summed E-state index contributed by atoms with van der Waals surface area (Å²) in [5.41, 5.74) is 3.54. The van der Waals surface area contributed by atoms with Gasteiger partial charge in [-0.1, -0.05) is 30.3 Å². The second kappa shape index (κ2) is 7.88. The zero-order chi connectivity index (χ0) is 16.1. The van der Waals surface area contributed by atoms with E-state index in [2.05, 4.69) is 10.5 Å². The molecule has 0 saturated heterocycles. The van der Waals surface area contributed by atoms with E-state index in [0.29, 0.717) is 12.7 Å². The summed E-state index contributed by atoms with van der Waals surface area (Å²) in [4.78, 5) is 11.8. The van der Waals surface area contributed by atoms with E-state index in [1.54, 1.807) is 42.5 Å². The molecular formula is C15H12I2N2O3. The van der Waals surface area contributed by atoms with Crippen LogP contribution in [0.3, 0.4) is 0 Å². The third-order valence-corrected chi connectivity index (χ3v) is 4.44. The summed E-state index contributed by atoms with van der Waals surface area (Å²) in [5, 5.41) is 23.4. The van der Waals surface area contributed by atoms with Crippen molar-refractivity contribution in [2.45, 2.75) is 6.10 Å². The van der Waals surface area contributed by atoms with Crippen LogP contribution in [0, 0.1) is 7.14 Å². The summed E-state index contributed by atoms with van der Waals surface area (Å²) in [6.45, 7) is 0. The van der Waals surface area contributed by atoms with Crippen molar-refractivity contribution in [3.63, 3.8) is 0 Å². The summed E-state index contributed by atoms with van der Waals surface area (Å²) in [6, 6.07) is 12.1. The fourth-order valence-electron chi connectivity index (χ4n) is 1.68. The van der Waals surface area contributed by atoms with Gasteiger partial charge in [-0.25, -0.2) is 5.43 Å². The largest absolute Gasteiger partial charge is 0.506 e. The Kier molecular flexibility index (Phi) is 6.15. The maximum absolute atomic E-state index is 11.8. The lowest BCUT2D eigenvalue weighted by atomic mass is 10.1. The van der Waals surface area contributed by atoms with E-state index in [-0.39, 0.29) is 5.75 Å². The van der Waals surface area contributed by atoms with Crippen LogP contribution in [0.25, 0.3) is 0 Å². The lowest BCUT2D eigenvalue weighted by Gasteiger charge is -2.08. The van der Waals surface area contributed by atoms with Crippen LogP contribution < -0.4 is 5.43 Å². The number of carbonyl (C=O) groups excluding carboxylic acids is 1. The first-order valence-corrected chi connectivity index (χ1v) is 8.38. The first-order valence-electron chi connectivity index (χ1n) is 6.23. The summed E-state index contributed by atoms with van der Waals surface area (Å²) in [6.07, 6.45) is 0.192. The number of nitrogens with one attached hydrogen (secondary N) is 1.